The molecule has 6 heteroatoms. The molecule has 0 aromatic heterocycles. The number of piperidine rings is 1. The minimum atomic E-state index is -0.592. The van der Waals surface area contributed by atoms with Gasteiger partial charge in [0.25, 0.3) is 0 Å². The van der Waals surface area contributed by atoms with E-state index in [2.05, 4.69) is 10.6 Å². The number of nitrogens with zero attached hydrogens (tertiary/aromatic N) is 1. The van der Waals surface area contributed by atoms with Gasteiger partial charge in [0.1, 0.15) is 0 Å². The zero-order valence-electron chi connectivity index (χ0n) is 11.9. The Morgan fingerprint density at radius 1 is 1.05 bits per heavy atom. The van der Waals surface area contributed by atoms with Gasteiger partial charge in [-0.3, -0.25) is 14.4 Å². The van der Waals surface area contributed by atoms with Crippen LogP contribution in [0.25, 0.3) is 0 Å². The van der Waals surface area contributed by atoms with E-state index in [4.69, 9.17) is 0 Å². The van der Waals surface area contributed by atoms with Gasteiger partial charge >= 0.3 is 11.8 Å². The minimum absolute atomic E-state index is 0.109. The summed E-state index contributed by atoms with van der Waals surface area (Å²) in [6, 6.07) is 0.217. The highest BCUT2D eigenvalue weighted by Gasteiger charge is 2.32. The molecule has 0 saturated carbocycles. The van der Waals surface area contributed by atoms with Crippen molar-refractivity contribution >= 4 is 17.7 Å². The van der Waals surface area contributed by atoms with Crippen LogP contribution in [0.5, 0.6) is 0 Å². The van der Waals surface area contributed by atoms with E-state index < -0.39 is 11.8 Å². The molecular formula is C13H23N3O3. The van der Waals surface area contributed by atoms with Crippen molar-refractivity contribution in [2.45, 2.75) is 52.1 Å². The average molecular weight is 269 g/mol. The number of carbonyl (C=O) groups is 3. The second-order valence-electron chi connectivity index (χ2n) is 5.08. The summed E-state index contributed by atoms with van der Waals surface area (Å²) in [5.74, 6) is -1.22. The first-order valence-electron chi connectivity index (χ1n) is 6.78. The monoisotopic (exact) mass is 269 g/mol. The van der Waals surface area contributed by atoms with Gasteiger partial charge in [-0.1, -0.05) is 0 Å². The van der Waals surface area contributed by atoms with E-state index in [1.165, 1.54) is 6.92 Å². The van der Waals surface area contributed by atoms with Crippen molar-refractivity contribution in [1.82, 2.24) is 15.5 Å². The fourth-order valence-electron chi connectivity index (χ4n) is 2.43. The topological polar surface area (TPSA) is 78.5 Å². The summed E-state index contributed by atoms with van der Waals surface area (Å²) in [4.78, 5) is 36.2. The quantitative estimate of drug-likeness (QED) is 0.560. The van der Waals surface area contributed by atoms with E-state index in [0.29, 0.717) is 6.54 Å². The molecule has 2 atom stereocenters. The number of hydrogen-bond donors (Lipinski definition) is 2. The first-order valence-corrected chi connectivity index (χ1v) is 6.78. The maximum Gasteiger partial charge on any atom is 0.312 e. The van der Waals surface area contributed by atoms with E-state index in [1.807, 2.05) is 13.8 Å². The van der Waals surface area contributed by atoms with Crippen molar-refractivity contribution in [3.63, 3.8) is 0 Å². The number of amides is 3. The molecule has 0 aliphatic carbocycles. The van der Waals surface area contributed by atoms with Crippen molar-refractivity contribution in [3.05, 3.63) is 0 Å². The lowest BCUT2D eigenvalue weighted by atomic mass is 9.97. The Hall–Kier alpha value is -1.59. The average Bonchev–Trinajstić information content (AvgIpc) is 2.33. The van der Waals surface area contributed by atoms with Gasteiger partial charge in [-0.2, -0.15) is 0 Å². The van der Waals surface area contributed by atoms with Gasteiger partial charge in [-0.05, 0) is 33.1 Å². The Morgan fingerprint density at radius 2 is 1.58 bits per heavy atom. The van der Waals surface area contributed by atoms with Gasteiger partial charge in [0.15, 0.2) is 0 Å². The lowest BCUT2D eigenvalue weighted by Gasteiger charge is -2.38. The highest BCUT2D eigenvalue weighted by molar-refractivity contribution is 6.35. The molecule has 1 fully saturated rings. The maximum atomic E-state index is 12.1. The Morgan fingerprint density at radius 3 is 2.11 bits per heavy atom. The summed E-state index contributed by atoms with van der Waals surface area (Å²) >= 11 is 0. The van der Waals surface area contributed by atoms with Crippen LogP contribution < -0.4 is 10.6 Å². The van der Waals surface area contributed by atoms with E-state index in [-0.39, 0.29) is 24.5 Å². The summed E-state index contributed by atoms with van der Waals surface area (Å²) in [5.41, 5.74) is 0. The maximum absolute atomic E-state index is 12.1. The zero-order valence-corrected chi connectivity index (χ0v) is 11.9. The fraction of sp³-hybridized carbons (Fsp3) is 0.769. The third-order valence-corrected chi connectivity index (χ3v) is 3.41. The summed E-state index contributed by atoms with van der Waals surface area (Å²) < 4.78 is 0. The Kier molecular flexibility index (Phi) is 5.79. The highest BCUT2D eigenvalue weighted by Crippen LogP contribution is 2.22. The summed E-state index contributed by atoms with van der Waals surface area (Å²) in [7, 11) is 0. The fourth-order valence-corrected chi connectivity index (χ4v) is 2.43. The third-order valence-electron chi connectivity index (χ3n) is 3.41. The number of carbonyl (C=O) groups excluding carboxylic acids is 3. The van der Waals surface area contributed by atoms with Crippen molar-refractivity contribution in [3.8, 4) is 0 Å². The molecule has 3 amide bonds. The third kappa shape index (κ3) is 4.54. The molecule has 0 aromatic carbocycles. The first kappa shape index (κ1) is 15.5. The number of likely N-dealkylation sites (tertiary alicyclic amines) is 1. The number of nitrogens with one attached hydrogen (secondary N) is 2. The Balaban J connectivity index is 2.42. The van der Waals surface area contributed by atoms with Gasteiger partial charge in [0.05, 0.1) is 0 Å². The zero-order chi connectivity index (χ0) is 14.4. The number of hydrogen-bond acceptors (Lipinski definition) is 3. The molecule has 1 rings (SSSR count). The minimum Gasteiger partial charge on any atom is -0.355 e. The standard InChI is InChI=1S/C13H23N3O3/c1-9-5-4-6-10(2)16(9)13(19)12(18)15-8-7-14-11(3)17/h9-10H,4-8H2,1-3H3,(H,14,17)(H,15,18). The van der Waals surface area contributed by atoms with Gasteiger partial charge in [0, 0.05) is 32.1 Å². The second-order valence-corrected chi connectivity index (χ2v) is 5.08. The van der Waals surface area contributed by atoms with Gasteiger partial charge in [-0.15, -0.1) is 0 Å². The normalized spacial score (nSPS) is 22.8. The van der Waals surface area contributed by atoms with Crippen molar-refractivity contribution in [1.29, 1.82) is 0 Å². The van der Waals surface area contributed by atoms with Gasteiger partial charge in [0.2, 0.25) is 5.91 Å². The van der Waals surface area contributed by atoms with E-state index >= 15 is 0 Å². The summed E-state index contributed by atoms with van der Waals surface area (Å²) in [5, 5.41) is 5.09. The molecule has 0 spiro atoms. The summed E-state index contributed by atoms with van der Waals surface area (Å²) in [6.07, 6.45) is 2.97. The smallest absolute Gasteiger partial charge is 0.312 e. The molecule has 1 aliphatic rings. The molecule has 1 aliphatic heterocycles. The molecule has 0 aromatic rings. The summed E-state index contributed by atoms with van der Waals surface area (Å²) in [6.45, 7) is 5.95. The van der Waals surface area contributed by atoms with E-state index in [1.54, 1.807) is 4.90 Å². The van der Waals surface area contributed by atoms with E-state index in [9.17, 15) is 14.4 Å². The SMILES string of the molecule is CC(=O)NCCNC(=O)C(=O)N1C(C)CCCC1C. The molecule has 6 nitrogen and oxygen atoms in total. The van der Waals surface area contributed by atoms with Crippen LogP contribution in [0, 0.1) is 0 Å². The highest BCUT2D eigenvalue weighted by atomic mass is 16.2. The van der Waals surface area contributed by atoms with Crippen LogP contribution in [0.2, 0.25) is 0 Å². The van der Waals surface area contributed by atoms with Crippen LogP contribution in [-0.4, -0.2) is 47.8 Å². The molecule has 2 unspecified atom stereocenters. The van der Waals surface area contributed by atoms with Crippen LogP contribution in [-0.2, 0) is 14.4 Å². The second kappa shape index (κ2) is 7.11. The van der Waals surface area contributed by atoms with Gasteiger partial charge in [-0.25, -0.2) is 0 Å². The predicted octanol–water partition coefficient (Wildman–Crippen LogP) is 0.0282. The predicted molar refractivity (Wildman–Crippen MR) is 71.3 cm³/mol. The van der Waals surface area contributed by atoms with Crippen LogP contribution in [0.4, 0.5) is 0 Å². The van der Waals surface area contributed by atoms with Crippen molar-refractivity contribution < 1.29 is 14.4 Å². The molecule has 0 radical (unpaired) electrons. The van der Waals surface area contributed by atoms with Crippen LogP contribution in [0.15, 0.2) is 0 Å². The van der Waals surface area contributed by atoms with Crippen molar-refractivity contribution in [2.75, 3.05) is 13.1 Å². The lowest BCUT2D eigenvalue weighted by molar-refractivity contribution is -0.150. The molecule has 2 N–H and O–H groups in total. The molecule has 0 bridgehead atoms. The van der Waals surface area contributed by atoms with Crippen molar-refractivity contribution in [2.24, 2.45) is 0 Å². The Labute approximate surface area is 113 Å². The number of rotatable bonds is 3. The van der Waals surface area contributed by atoms with Crippen LogP contribution in [0.3, 0.4) is 0 Å². The molecule has 19 heavy (non-hydrogen) atoms. The molecular weight excluding hydrogens is 246 g/mol. The Bertz CT molecular complexity index is 347. The first-order chi connectivity index (χ1) is 8.93. The molecule has 1 heterocycles. The van der Waals surface area contributed by atoms with E-state index in [0.717, 1.165) is 19.3 Å². The molecule has 108 valence electrons. The lowest BCUT2D eigenvalue weighted by Crippen LogP contribution is -2.53. The largest absolute Gasteiger partial charge is 0.355 e. The molecule has 1 saturated heterocycles. The van der Waals surface area contributed by atoms with Crippen LogP contribution in [0.1, 0.15) is 40.0 Å². The van der Waals surface area contributed by atoms with Gasteiger partial charge < -0.3 is 15.5 Å². The van der Waals surface area contributed by atoms with Crippen LogP contribution >= 0.6 is 0 Å².